The van der Waals surface area contributed by atoms with Crippen LogP contribution in [0.2, 0.25) is 0 Å². The molecule has 138 valence electrons. The van der Waals surface area contributed by atoms with E-state index < -0.39 is 28.6 Å². The van der Waals surface area contributed by atoms with Gasteiger partial charge in [0.15, 0.2) is 23.0 Å². The fraction of sp³-hybridized carbons (Fsp3) is 0.200. The summed E-state index contributed by atoms with van der Waals surface area (Å²) in [5.74, 6) is -1.28. The predicted molar refractivity (Wildman–Crippen MR) is 77.3 cm³/mol. The van der Waals surface area contributed by atoms with Gasteiger partial charge in [-0.1, -0.05) is 0 Å². The summed E-state index contributed by atoms with van der Waals surface area (Å²) in [6.07, 6.45) is -9.67. The summed E-state index contributed by atoms with van der Waals surface area (Å²) in [4.78, 5) is 10.1. The van der Waals surface area contributed by atoms with Crippen molar-refractivity contribution in [2.24, 2.45) is 0 Å². The van der Waals surface area contributed by atoms with Crippen LogP contribution in [0.4, 0.5) is 23.2 Å². The molecule has 0 N–H and O–H groups in total. The lowest BCUT2D eigenvalue weighted by Gasteiger charge is -2.31. The Bertz CT molecular complexity index is 873. The third-order valence-corrected chi connectivity index (χ3v) is 3.32. The molecule has 0 saturated heterocycles. The van der Waals surface area contributed by atoms with Crippen LogP contribution < -0.4 is 18.9 Å². The lowest BCUT2D eigenvalue weighted by molar-refractivity contribution is -0.391. The Morgan fingerprint density at radius 1 is 0.962 bits per heavy atom. The summed E-state index contributed by atoms with van der Waals surface area (Å²) in [7, 11) is 1.25. The van der Waals surface area contributed by atoms with Crippen molar-refractivity contribution in [1.29, 1.82) is 0 Å². The molecule has 0 bridgehead atoms. The van der Waals surface area contributed by atoms with E-state index >= 15 is 0 Å². The van der Waals surface area contributed by atoms with Crippen LogP contribution in [-0.2, 0) is 0 Å². The average molecular weight is 375 g/mol. The quantitative estimate of drug-likeness (QED) is 0.449. The molecule has 2 aromatic carbocycles. The number of nitro benzene ring substituents is 1. The largest absolute Gasteiger partial charge is 0.507 e. The number of rotatable bonds is 4. The van der Waals surface area contributed by atoms with E-state index in [1.54, 1.807) is 0 Å². The molecule has 0 amide bonds. The topological polar surface area (TPSA) is 80.1 Å². The Morgan fingerprint density at radius 2 is 1.62 bits per heavy atom. The first kappa shape index (κ1) is 17.6. The number of hydrogen-bond acceptors (Lipinski definition) is 6. The first-order valence-electron chi connectivity index (χ1n) is 6.91. The van der Waals surface area contributed by atoms with Gasteiger partial charge in [0, 0.05) is 12.1 Å². The highest BCUT2D eigenvalue weighted by atomic mass is 19.3. The molecule has 0 saturated carbocycles. The van der Waals surface area contributed by atoms with Gasteiger partial charge in [-0.15, -0.1) is 0 Å². The standard InChI is InChI=1S/C15H9F4NO6/c1-23-12-6-8(20(21)22)2-4-10(12)24-9-3-5-11-13(7-9)26-15(18,19)14(16,17)25-11/h2-7H,1H3. The van der Waals surface area contributed by atoms with Crippen molar-refractivity contribution in [3.05, 3.63) is 46.5 Å². The second kappa shape index (κ2) is 5.93. The van der Waals surface area contributed by atoms with E-state index in [1.165, 1.54) is 19.2 Å². The van der Waals surface area contributed by atoms with Crippen molar-refractivity contribution >= 4 is 5.69 Å². The van der Waals surface area contributed by atoms with Gasteiger partial charge in [-0.25, -0.2) is 0 Å². The summed E-state index contributed by atoms with van der Waals surface area (Å²) in [6, 6.07) is 6.52. The smallest absolute Gasteiger partial charge is 0.493 e. The highest BCUT2D eigenvalue weighted by Gasteiger charge is 2.65. The summed E-state index contributed by atoms with van der Waals surface area (Å²) < 4.78 is 71.0. The van der Waals surface area contributed by atoms with Gasteiger partial charge in [0.05, 0.1) is 18.1 Å². The lowest BCUT2D eigenvalue weighted by atomic mass is 10.2. The van der Waals surface area contributed by atoms with E-state index in [-0.39, 0.29) is 22.9 Å². The van der Waals surface area contributed by atoms with E-state index in [9.17, 15) is 27.7 Å². The minimum Gasteiger partial charge on any atom is -0.493 e. The van der Waals surface area contributed by atoms with Gasteiger partial charge < -0.3 is 18.9 Å². The van der Waals surface area contributed by atoms with Crippen LogP contribution in [-0.4, -0.2) is 24.3 Å². The van der Waals surface area contributed by atoms with Gasteiger partial charge >= 0.3 is 12.2 Å². The van der Waals surface area contributed by atoms with Crippen LogP contribution in [0, 0.1) is 10.1 Å². The third-order valence-electron chi connectivity index (χ3n) is 3.32. The lowest BCUT2D eigenvalue weighted by Crippen LogP contribution is -2.52. The molecule has 11 heteroatoms. The summed E-state index contributed by atoms with van der Waals surface area (Å²) in [5, 5.41) is 10.8. The van der Waals surface area contributed by atoms with E-state index in [4.69, 9.17) is 9.47 Å². The van der Waals surface area contributed by atoms with Crippen molar-refractivity contribution < 1.29 is 41.4 Å². The van der Waals surface area contributed by atoms with Crippen molar-refractivity contribution in [3.63, 3.8) is 0 Å². The minimum atomic E-state index is -4.86. The van der Waals surface area contributed by atoms with Crippen LogP contribution in [0.5, 0.6) is 28.7 Å². The van der Waals surface area contributed by atoms with Gasteiger partial charge in [-0.2, -0.15) is 17.6 Å². The Hall–Kier alpha value is -3.24. The molecule has 1 aliphatic heterocycles. The molecule has 26 heavy (non-hydrogen) atoms. The number of nitro groups is 1. The van der Waals surface area contributed by atoms with Crippen molar-refractivity contribution in [2.45, 2.75) is 12.2 Å². The molecule has 0 atom stereocenters. The number of benzene rings is 2. The summed E-state index contributed by atoms with van der Waals surface area (Å²) in [6.45, 7) is 0. The maximum absolute atomic E-state index is 13.2. The monoisotopic (exact) mass is 375 g/mol. The minimum absolute atomic E-state index is 0.00551. The van der Waals surface area contributed by atoms with Gasteiger partial charge in [0.2, 0.25) is 0 Å². The number of non-ortho nitro benzene ring substituents is 1. The van der Waals surface area contributed by atoms with Crippen LogP contribution in [0.15, 0.2) is 36.4 Å². The summed E-state index contributed by atoms with van der Waals surface area (Å²) >= 11 is 0. The fourth-order valence-electron chi connectivity index (χ4n) is 2.09. The molecular formula is C15H9F4NO6. The van der Waals surface area contributed by atoms with Crippen molar-refractivity contribution in [1.82, 2.24) is 0 Å². The zero-order valence-electron chi connectivity index (χ0n) is 12.9. The van der Waals surface area contributed by atoms with Gasteiger partial charge in [-0.3, -0.25) is 10.1 Å². The fourth-order valence-corrected chi connectivity index (χ4v) is 2.09. The second-order valence-corrected chi connectivity index (χ2v) is 5.04. The number of nitrogens with zero attached hydrogens (tertiary/aromatic N) is 1. The second-order valence-electron chi connectivity index (χ2n) is 5.04. The normalized spacial score (nSPS) is 16.7. The predicted octanol–water partition coefficient (Wildman–Crippen LogP) is 4.35. The van der Waals surface area contributed by atoms with E-state index in [2.05, 4.69) is 9.47 Å². The first-order chi connectivity index (χ1) is 12.1. The molecule has 0 fully saturated rings. The Morgan fingerprint density at radius 3 is 2.23 bits per heavy atom. The molecule has 0 unspecified atom stereocenters. The maximum atomic E-state index is 13.2. The molecular weight excluding hydrogens is 366 g/mol. The molecule has 0 aromatic heterocycles. The number of methoxy groups -OCH3 is 1. The molecule has 0 radical (unpaired) electrons. The van der Waals surface area contributed by atoms with Crippen LogP contribution in [0.1, 0.15) is 0 Å². The van der Waals surface area contributed by atoms with Gasteiger partial charge in [-0.05, 0) is 18.2 Å². The number of alkyl halides is 4. The van der Waals surface area contributed by atoms with E-state index in [0.29, 0.717) is 0 Å². The molecule has 2 aromatic rings. The van der Waals surface area contributed by atoms with E-state index in [1.807, 2.05) is 0 Å². The Balaban J connectivity index is 1.90. The number of fused-ring (bicyclic) bond motifs is 1. The molecule has 1 aliphatic rings. The number of hydrogen-bond donors (Lipinski definition) is 0. The van der Waals surface area contributed by atoms with Gasteiger partial charge in [0.1, 0.15) is 5.75 Å². The third kappa shape index (κ3) is 3.03. The van der Waals surface area contributed by atoms with Gasteiger partial charge in [0.25, 0.3) is 5.69 Å². The maximum Gasteiger partial charge on any atom is 0.507 e. The highest BCUT2D eigenvalue weighted by Crippen LogP contribution is 2.48. The molecule has 0 spiro atoms. The zero-order valence-corrected chi connectivity index (χ0v) is 12.9. The molecule has 0 aliphatic carbocycles. The van der Waals surface area contributed by atoms with Crippen LogP contribution >= 0.6 is 0 Å². The first-order valence-corrected chi connectivity index (χ1v) is 6.91. The SMILES string of the molecule is COc1cc([N+](=O)[O-])ccc1Oc1ccc2c(c1)OC(F)(F)C(F)(F)O2. The van der Waals surface area contributed by atoms with Crippen LogP contribution in [0.3, 0.4) is 0 Å². The Labute approximate surface area is 142 Å². The molecule has 3 rings (SSSR count). The zero-order chi connectivity index (χ0) is 19.1. The molecule has 1 heterocycles. The highest BCUT2D eigenvalue weighted by molar-refractivity contribution is 5.52. The molecule has 7 nitrogen and oxygen atoms in total. The van der Waals surface area contributed by atoms with Crippen LogP contribution in [0.25, 0.3) is 0 Å². The number of ether oxygens (including phenoxy) is 4. The Kier molecular flexibility index (Phi) is 4.01. The number of halogens is 4. The average Bonchev–Trinajstić information content (AvgIpc) is 2.55. The van der Waals surface area contributed by atoms with E-state index in [0.717, 1.165) is 24.3 Å². The van der Waals surface area contributed by atoms with Crippen molar-refractivity contribution in [3.8, 4) is 28.7 Å². The summed E-state index contributed by atoms with van der Waals surface area (Å²) in [5.41, 5.74) is -0.252. The van der Waals surface area contributed by atoms with Crippen molar-refractivity contribution in [2.75, 3.05) is 7.11 Å².